The van der Waals surface area contributed by atoms with E-state index in [0.29, 0.717) is 0 Å². The van der Waals surface area contributed by atoms with Crippen molar-refractivity contribution in [3.63, 3.8) is 0 Å². The van der Waals surface area contributed by atoms with Crippen molar-refractivity contribution in [1.82, 2.24) is 19.1 Å². The first-order valence-electron chi connectivity index (χ1n) is 19.3. The molecule has 0 bridgehead atoms. The third-order valence-corrected chi connectivity index (χ3v) is 11.9. The number of furan rings is 1. The molecule has 0 saturated carbocycles. The molecular formula is C52H30N4O. The van der Waals surface area contributed by atoms with Crippen molar-refractivity contribution in [1.29, 1.82) is 0 Å². The highest BCUT2D eigenvalue weighted by Gasteiger charge is 2.25. The van der Waals surface area contributed by atoms with Crippen molar-refractivity contribution in [2.45, 2.75) is 0 Å². The van der Waals surface area contributed by atoms with Crippen molar-refractivity contribution in [2.75, 3.05) is 0 Å². The van der Waals surface area contributed by atoms with E-state index in [0.717, 1.165) is 82.9 Å². The van der Waals surface area contributed by atoms with Crippen molar-refractivity contribution < 1.29 is 4.42 Å². The molecule has 57 heavy (non-hydrogen) atoms. The maximum atomic E-state index is 6.27. The van der Waals surface area contributed by atoms with Gasteiger partial charge in [-0.15, -0.1) is 0 Å². The smallest absolute Gasteiger partial charge is 0.165 e. The normalized spacial score (nSPS) is 12.2. The van der Waals surface area contributed by atoms with Gasteiger partial charge in [0.05, 0.1) is 38.8 Å². The number of nitrogens with zero attached hydrogens (tertiary/aromatic N) is 4. The van der Waals surface area contributed by atoms with E-state index in [-0.39, 0.29) is 0 Å². The average Bonchev–Trinajstić information content (AvgIpc) is 3.92. The summed E-state index contributed by atoms with van der Waals surface area (Å²) in [6, 6.07) is 64.8. The number of fused-ring (bicyclic) bond motifs is 13. The summed E-state index contributed by atoms with van der Waals surface area (Å²) in [7, 11) is 0. The Morgan fingerprint density at radius 1 is 0.386 bits per heavy atom. The van der Waals surface area contributed by atoms with Gasteiger partial charge >= 0.3 is 0 Å². The number of hydrogen-bond acceptors (Lipinski definition) is 3. The van der Waals surface area contributed by atoms with Crippen LogP contribution in [0.2, 0.25) is 0 Å². The van der Waals surface area contributed by atoms with Gasteiger partial charge in [0.25, 0.3) is 0 Å². The van der Waals surface area contributed by atoms with Crippen LogP contribution in [0.5, 0.6) is 0 Å². The Morgan fingerprint density at radius 3 is 1.86 bits per heavy atom. The van der Waals surface area contributed by atoms with Gasteiger partial charge in [-0.25, -0.2) is 9.97 Å². The fourth-order valence-electron chi connectivity index (χ4n) is 9.40. The lowest BCUT2D eigenvalue weighted by Gasteiger charge is -2.17. The third kappa shape index (κ3) is 4.23. The molecule has 0 atom stereocenters. The van der Waals surface area contributed by atoms with Gasteiger partial charge in [0, 0.05) is 48.7 Å². The van der Waals surface area contributed by atoms with E-state index in [1.54, 1.807) is 0 Å². The zero-order valence-corrected chi connectivity index (χ0v) is 30.5. The van der Waals surface area contributed by atoms with Crippen molar-refractivity contribution in [3.05, 3.63) is 182 Å². The standard InChI is InChI=1S/C52H30N4O/c1-3-15-34-31(13-1)25-27-38-36-17-5-10-22-43(36)56(50(34)38)51-35-16-4-2-14-32(35)30-45-48(51)39-19-6-11-23-44(39)55(45)52-49(53-41-20-8-9-21-42(41)54-52)33-26-28-47-40(29-33)37-18-7-12-24-46(37)57-47/h1-30H. The van der Waals surface area contributed by atoms with E-state index in [1.807, 2.05) is 30.3 Å². The van der Waals surface area contributed by atoms with Gasteiger partial charge in [0.2, 0.25) is 0 Å². The fraction of sp³-hybridized carbons (Fsp3) is 0. The van der Waals surface area contributed by atoms with Gasteiger partial charge in [0.1, 0.15) is 16.9 Å². The molecule has 0 fully saturated rings. The molecule has 0 spiro atoms. The Morgan fingerprint density at radius 2 is 1.02 bits per heavy atom. The Hall–Kier alpha value is -7.76. The molecule has 0 saturated heterocycles. The van der Waals surface area contributed by atoms with Crippen LogP contribution in [0.15, 0.2) is 186 Å². The van der Waals surface area contributed by atoms with Gasteiger partial charge in [-0.2, -0.15) is 0 Å². The molecule has 0 amide bonds. The Kier molecular flexibility index (Phi) is 6.10. The topological polar surface area (TPSA) is 48.8 Å². The zero-order valence-electron chi connectivity index (χ0n) is 30.5. The van der Waals surface area contributed by atoms with E-state index < -0.39 is 0 Å². The second-order valence-corrected chi connectivity index (χ2v) is 14.9. The number of aromatic nitrogens is 4. The summed E-state index contributed by atoms with van der Waals surface area (Å²) >= 11 is 0. The molecule has 13 aromatic rings. The Balaban J connectivity index is 1.22. The van der Waals surface area contributed by atoms with Crippen molar-refractivity contribution in [3.8, 4) is 22.8 Å². The molecule has 0 aliphatic rings. The SMILES string of the molecule is c1ccc2c(-n3c4ccccc4c4ccc5ccccc5c43)c3c4ccccc4n(-c4nc5ccccc5nc4-c4ccc5oc6ccccc6c5c4)c3cc2c1. The van der Waals surface area contributed by atoms with E-state index >= 15 is 0 Å². The minimum Gasteiger partial charge on any atom is -0.456 e. The monoisotopic (exact) mass is 726 g/mol. The first-order chi connectivity index (χ1) is 28.3. The molecule has 0 aliphatic heterocycles. The molecule has 0 N–H and O–H groups in total. The van der Waals surface area contributed by atoms with Crippen LogP contribution < -0.4 is 0 Å². The quantitative estimate of drug-likeness (QED) is 0.182. The average molecular weight is 727 g/mol. The molecule has 0 radical (unpaired) electrons. The van der Waals surface area contributed by atoms with Gasteiger partial charge in [-0.3, -0.25) is 4.57 Å². The lowest BCUT2D eigenvalue weighted by atomic mass is 10.0. The highest BCUT2D eigenvalue weighted by Crippen LogP contribution is 2.46. The summed E-state index contributed by atoms with van der Waals surface area (Å²) in [5, 5.41) is 11.7. The minimum atomic E-state index is 0.779. The third-order valence-electron chi connectivity index (χ3n) is 11.9. The number of rotatable bonds is 3. The van der Waals surface area contributed by atoms with Gasteiger partial charge in [-0.1, -0.05) is 127 Å². The van der Waals surface area contributed by atoms with Crippen LogP contribution in [0.25, 0.3) is 121 Å². The lowest BCUT2D eigenvalue weighted by Crippen LogP contribution is -2.04. The van der Waals surface area contributed by atoms with Gasteiger partial charge in [0.15, 0.2) is 5.82 Å². The molecule has 4 aromatic heterocycles. The predicted octanol–water partition coefficient (Wildman–Crippen LogP) is 13.7. The van der Waals surface area contributed by atoms with Crippen LogP contribution in [0.4, 0.5) is 0 Å². The number of para-hydroxylation sites is 5. The van der Waals surface area contributed by atoms with Gasteiger partial charge < -0.3 is 8.98 Å². The molecule has 0 unspecified atom stereocenters. The van der Waals surface area contributed by atoms with Crippen molar-refractivity contribution in [2.24, 2.45) is 0 Å². The summed E-state index contributed by atoms with van der Waals surface area (Å²) in [5.74, 6) is 0.779. The molecule has 264 valence electrons. The highest BCUT2D eigenvalue weighted by atomic mass is 16.3. The lowest BCUT2D eigenvalue weighted by molar-refractivity contribution is 0.669. The first kappa shape index (κ1) is 30.6. The van der Waals surface area contributed by atoms with E-state index in [4.69, 9.17) is 14.4 Å². The van der Waals surface area contributed by atoms with Crippen LogP contribution in [0.1, 0.15) is 0 Å². The van der Waals surface area contributed by atoms with Crippen molar-refractivity contribution >= 4 is 98.1 Å². The largest absolute Gasteiger partial charge is 0.456 e. The number of hydrogen-bond donors (Lipinski definition) is 0. The summed E-state index contributed by atoms with van der Waals surface area (Å²) < 4.78 is 11.1. The molecule has 0 aliphatic carbocycles. The van der Waals surface area contributed by atoms with Crippen LogP contribution in [0, 0.1) is 0 Å². The van der Waals surface area contributed by atoms with E-state index in [1.165, 1.54) is 38.0 Å². The molecule has 4 heterocycles. The molecule has 5 nitrogen and oxygen atoms in total. The van der Waals surface area contributed by atoms with Crippen LogP contribution >= 0.6 is 0 Å². The Labute approximate surface area is 325 Å². The maximum absolute atomic E-state index is 6.27. The van der Waals surface area contributed by atoms with Crippen LogP contribution in [-0.4, -0.2) is 19.1 Å². The summed E-state index contributed by atoms with van der Waals surface area (Å²) in [4.78, 5) is 10.9. The minimum absolute atomic E-state index is 0.779. The van der Waals surface area contributed by atoms with Crippen LogP contribution in [-0.2, 0) is 0 Å². The molecular weight excluding hydrogens is 697 g/mol. The molecule has 5 heteroatoms. The van der Waals surface area contributed by atoms with Gasteiger partial charge in [-0.05, 0) is 65.4 Å². The number of benzene rings is 9. The second kappa shape index (κ2) is 11.4. The molecule has 9 aromatic carbocycles. The summed E-state index contributed by atoms with van der Waals surface area (Å²) in [5.41, 5.74) is 10.8. The van der Waals surface area contributed by atoms with E-state index in [2.05, 4.69) is 161 Å². The van der Waals surface area contributed by atoms with E-state index in [9.17, 15) is 0 Å². The first-order valence-corrected chi connectivity index (χ1v) is 19.3. The zero-order chi connectivity index (χ0) is 37.2. The second-order valence-electron chi connectivity index (χ2n) is 14.9. The van der Waals surface area contributed by atoms with Crippen LogP contribution in [0.3, 0.4) is 0 Å². The summed E-state index contributed by atoms with van der Waals surface area (Å²) in [6.45, 7) is 0. The Bertz CT molecular complexity index is 3830. The summed E-state index contributed by atoms with van der Waals surface area (Å²) in [6.07, 6.45) is 0. The highest BCUT2D eigenvalue weighted by molar-refractivity contribution is 6.25. The fourth-order valence-corrected chi connectivity index (χ4v) is 9.40. The maximum Gasteiger partial charge on any atom is 0.165 e. The molecule has 13 rings (SSSR count). The predicted molar refractivity (Wildman–Crippen MR) is 236 cm³/mol.